The maximum atomic E-state index is 11.7. The molecule has 1 aliphatic heterocycles. The minimum atomic E-state index is -0.474. The molecule has 3 amide bonds. The average molecular weight is 269 g/mol. The molecule has 6 heteroatoms. The van der Waals surface area contributed by atoms with E-state index in [0.29, 0.717) is 12.5 Å². The van der Waals surface area contributed by atoms with Crippen molar-refractivity contribution in [1.82, 2.24) is 15.5 Å². The molecule has 0 saturated carbocycles. The zero-order chi connectivity index (χ0) is 14.3. The van der Waals surface area contributed by atoms with Gasteiger partial charge in [0.15, 0.2) is 0 Å². The maximum Gasteiger partial charge on any atom is 0.321 e. The van der Waals surface area contributed by atoms with Gasteiger partial charge < -0.3 is 10.1 Å². The molecular weight excluding hydrogens is 246 g/mol. The van der Waals surface area contributed by atoms with E-state index in [9.17, 15) is 14.4 Å². The molecule has 0 aromatic heterocycles. The van der Waals surface area contributed by atoms with E-state index in [1.54, 1.807) is 0 Å². The summed E-state index contributed by atoms with van der Waals surface area (Å²) in [6, 6.07) is -0.670. The lowest BCUT2D eigenvalue weighted by molar-refractivity contribution is -0.123. The summed E-state index contributed by atoms with van der Waals surface area (Å²) in [5, 5.41) is 4.90. The number of piperidine rings is 1. The Bertz CT molecular complexity index is 331. The van der Waals surface area contributed by atoms with Crippen molar-refractivity contribution in [2.75, 3.05) is 19.6 Å². The van der Waals surface area contributed by atoms with E-state index in [4.69, 9.17) is 0 Å². The second-order valence-electron chi connectivity index (χ2n) is 5.32. The van der Waals surface area contributed by atoms with Crippen molar-refractivity contribution in [2.45, 2.75) is 39.2 Å². The Kier molecular flexibility index (Phi) is 6.49. The summed E-state index contributed by atoms with van der Waals surface area (Å²) in [5.74, 6) is -0.0302. The largest absolute Gasteiger partial charge is 0.338 e. The first-order valence-corrected chi connectivity index (χ1v) is 6.80. The van der Waals surface area contributed by atoms with Crippen molar-refractivity contribution in [3.05, 3.63) is 0 Å². The van der Waals surface area contributed by atoms with Gasteiger partial charge in [-0.3, -0.25) is 15.0 Å². The minimum Gasteiger partial charge on any atom is -0.338 e. The van der Waals surface area contributed by atoms with E-state index in [0.717, 1.165) is 32.1 Å². The Morgan fingerprint density at radius 1 is 1.37 bits per heavy atom. The van der Waals surface area contributed by atoms with E-state index in [1.165, 1.54) is 0 Å². The Hall–Kier alpha value is -1.43. The van der Waals surface area contributed by atoms with Crippen LogP contribution in [0.4, 0.5) is 4.79 Å². The van der Waals surface area contributed by atoms with Crippen molar-refractivity contribution in [3.8, 4) is 0 Å². The molecule has 6 nitrogen and oxygen atoms in total. The van der Waals surface area contributed by atoms with Crippen LogP contribution in [0.5, 0.6) is 0 Å². The molecule has 1 fully saturated rings. The summed E-state index contributed by atoms with van der Waals surface area (Å²) in [6.45, 7) is 5.30. The van der Waals surface area contributed by atoms with Gasteiger partial charge in [0.25, 0.3) is 0 Å². The summed E-state index contributed by atoms with van der Waals surface area (Å²) in [7, 11) is 0. The molecule has 0 bridgehead atoms. The quantitative estimate of drug-likeness (QED) is 0.713. The minimum absolute atomic E-state index is 0.0957. The van der Waals surface area contributed by atoms with Gasteiger partial charge in [-0.25, -0.2) is 4.79 Å². The molecule has 0 radical (unpaired) electrons. The fourth-order valence-corrected chi connectivity index (χ4v) is 2.06. The highest BCUT2D eigenvalue weighted by Gasteiger charge is 2.24. The first-order chi connectivity index (χ1) is 9.02. The molecule has 0 aromatic rings. The SMILES string of the molecule is CC(C)CNC(=O)NC(=O)CN1CCCCC1C=O. The number of carbonyl (C=O) groups excluding carboxylic acids is 3. The smallest absolute Gasteiger partial charge is 0.321 e. The van der Waals surface area contributed by atoms with Crippen molar-refractivity contribution < 1.29 is 14.4 Å². The molecule has 108 valence electrons. The van der Waals surface area contributed by atoms with Crippen molar-refractivity contribution in [2.24, 2.45) is 5.92 Å². The summed E-state index contributed by atoms with van der Waals surface area (Å²) in [5.41, 5.74) is 0. The van der Waals surface area contributed by atoms with Gasteiger partial charge in [0, 0.05) is 6.54 Å². The molecule has 19 heavy (non-hydrogen) atoms. The highest BCUT2D eigenvalue weighted by molar-refractivity contribution is 5.95. The summed E-state index contributed by atoms with van der Waals surface area (Å²) < 4.78 is 0. The fourth-order valence-electron chi connectivity index (χ4n) is 2.06. The predicted molar refractivity (Wildman–Crippen MR) is 71.7 cm³/mol. The summed E-state index contributed by atoms with van der Waals surface area (Å²) in [6.07, 6.45) is 3.66. The molecule has 1 aliphatic rings. The van der Waals surface area contributed by atoms with Gasteiger partial charge >= 0.3 is 6.03 Å². The van der Waals surface area contributed by atoms with Gasteiger partial charge in [0.1, 0.15) is 6.29 Å². The van der Waals surface area contributed by atoms with Crippen LogP contribution in [-0.2, 0) is 9.59 Å². The molecule has 0 aliphatic carbocycles. The molecule has 1 unspecified atom stereocenters. The van der Waals surface area contributed by atoms with Gasteiger partial charge in [-0.1, -0.05) is 20.3 Å². The van der Waals surface area contributed by atoms with Crippen LogP contribution in [0, 0.1) is 5.92 Å². The molecule has 1 rings (SSSR count). The molecule has 0 aromatic carbocycles. The van der Waals surface area contributed by atoms with E-state index in [-0.39, 0.29) is 18.5 Å². The summed E-state index contributed by atoms with van der Waals surface area (Å²) in [4.78, 5) is 35.8. The second-order valence-corrected chi connectivity index (χ2v) is 5.32. The summed E-state index contributed by atoms with van der Waals surface area (Å²) >= 11 is 0. The topological polar surface area (TPSA) is 78.5 Å². The number of hydrogen-bond acceptors (Lipinski definition) is 4. The van der Waals surface area contributed by atoms with Gasteiger partial charge in [-0.05, 0) is 25.3 Å². The van der Waals surface area contributed by atoms with Crippen LogP contribution >= 0.6 is 0 Å². The average Bonchev–Trinajstić information content (AvgIpc) is 2.37. The third-order valence-corrected chi connectivity index (χ3v) is 3.09. The number of aldehydes is 1. The van der Waals surface area contributed by atoms with E-state index >= 15 is 0 Å². The van der Waals surface area contributed by atoms with Crippen LogP contribution in [0.15, 0.2) is 0 Å². The Labute approximate surface area is 113 Å². The van der Waals surface area contributed by atoms with Crippen LogP contribution < -0.4 is 10.6 Å². The van der Waals surface area contributed by atoms with Gasteiger partial charge in [0.2, 0.25) is 5.91 Å². The number of amides is 3. The van der Waals surface area contributed by atoms with Crippen LogP contribution in [0.1, 0.15) is 33.1 Å². The van der Waals surface area contributed by atoms with Crippen molar-refractivity contribution >= 4 is 18.2 Å². The van der Waals surface area contributed by atoms with Crippen LogP contribution in [0.2, 0.25) is 0 Å². The number of nitrogens with one attached hydrogen (secondary N) is 2. The lowest BCUT2D eigenvalue weighted by Crippen LogP contribution is -2.49. The highest BCUT2D eigenvalue weighted by atomic mass is 16.2. The monoisotopic (exact) mass is 269 g/mol. The lowest BCUT2D eigenvalue weighted by atomic mass is 10.0. The first-order valence-electron chi connectivity index (χ1n) is 6.80. The molecule has 2 N–H and O–H groups in total. The van der Waals surface area contributed by atoms with Crippen LogP contribution in [-0.4, -0.2) is 48.8 Å². The van der Waals surface area contributed by atoms with Gasteiger partial charge in [-0.2, -0.15) is 0 Å². The van der Waals surface area contributed by atoms with E-state index in [2.05, 4.69) is 10.6 Å². The number of likely N-dealkylation sites (tertiary alicyclic amines) is 1. The molecule has 0 spiro atoms. The normalized spacial score (nSPS) is 20.1. The molecule has 1 heterocycles. The number of rotatable bonds is 5. The zero-order valence-electron chi connectivity index (χ0n) is 11.6. The van der Waals surface area contributed by atoms with E-state index < -0.39 is 6.03 Å². The first kappa shape index (κ1) is 15.6. The molecule has 1 saturated heterocycles. The molecular formula is C13H23N3O3. The standard InChI is InChI=1S/C13H23N3O3/c1-10(2)7-14-13(19)15-12(18)8-16-6-4-3-5-11(16)9-17/h9-11H,3-8H2,1-2H3,(H2,14,15,18,19). The van der Waals surface area contributed by atoms with Crippen molar-refractivity contribution in [1.29, 1.82) is 0 Å². The third kappa shape index (κ3) is 5.83. The van der Waals surface area contributed by atoms with Gasteiger partial charge in [0.05, 0.1) is 12.6 Å². The van der Waals surface area contributed by atoms with Crippen molar-refractivity contribution in [3.63, 3.8) is 0 Å². The highest BCUT2D eigenvalue weighted by Crippen LogP contribution is 2.14. The van der Waals surface area contributed by atoms with E-state index in [1.807, 2.05) is 18.7 Å². The number of nitrogens with zero attached hydrogens (tertiary/aromatic N) is 1. The number of carbonyl (C=O) groups is 3. The molecule has 1 atom stereocenters. The van der Waals surface area contributed by atoms with Gasteiger partial charge in [-0.15, -0.1) is 0 Å². The Morgan fingerprint density at radius 3 is 2.74 bits per heavy atom. The maximum absolute atomic E-state index is 11.7. The zero-order valence-corrected chi connectivity index (χ0v) is 11.6. The fraction of sp³-hybridized carbons (Fsp3) is 0.769. The lowest BCUT2D eigenvalue weighted by Gasteiger charge is -2.31. The number of urea groups is 1. The van der Waals surface area contributed by atoms with Crippen LogP contribution in [0.25, 0.3) is 0 Å². The number of hydrogen-bond donors (Lipinski definition) is 2. The third-order valence-electron chi connectivity index (χ3n) is 3.09. The predicted octanol–water partition coefficient (Wildman–Crippen LogP) is 0.522. The number of imide groups is 1. The second kappa shape index (κ2) is 7.89. The van der Waals surface area contributed by atoms with Crippen LogP contribution in [0.3, 0.4) is 0 Å². The Balaban J connectivity index is 2.33. The Morgan fingerprint density at radius 2 is 2.11 bits per heavy atom.